The quantitative estimate of drug-likeness (QED) is 0.715. The summed E-state index contributed by atoms with van der Waals surface area (Å²) < 4.78 is 41.3. The van der Waals surface area contributed by atoms with Crippen LogP contribution in [0.2, 0.25) is 0 Å². The van der Waals surface area contributed by atoms with E-state index in [4.69, 9.17) is 0 Å². The zero-order valence-electron chi connectivity index (χ0n) is 13.3. The average molecular weight is 377 g/mol. The van der Waals surface area contributed by atoms with Gasteiger partial charge in [0, 0.05) is 51.2 Å². The van der Waals surface area contributed by atoms with E-state index in [0.29, 0.717) is 30.5 Å². The topological polar surface area (TPSA) is 79.3 Å². The zero-order valence-corrected chi connectivity index (χ0v) is 14.1. The Morgan fingerprint density at radius 2 is 2.08 bits per heavy atom. The fraction of sp³-hybridized carbons (Fsp3) is 0.643. The van der Waals surface area contributed by atoms with Crippen LogP contribution in [0, 0.1) is 0 Å². The number of thioether (sulfide) groups is 1. The molecule has 1 aromatic heterocycles. The molecule has 1 saturated heterocycles. The second-order valence-corrected chi connectivity index (χ2v) is 6.88. The van der Waals surface area contributed by atoms with E-state index < -0.39 is 30.2 Å². The molecule has 7 nitrogen and oxygen atoms in total. The molecule has 25 heavy (non-hydrogen) atoms. The number of aromatic nitrogens is 2. The summed E-state index contributed by atoms with van der Waals surface area (Å²) in [6.45, 7) is 1.28. The first-order chi connectivity index (χ1) is 11.9. The van der Waals surface area contributed by atoms with E-state index in [1.165, 1.54) is 21.2 Å². The number of nitrogens with zero attached hydrogens (tertiary/aromatic N) is 3. The number of alkyl halides is 3. The highest BCUT2D eigenvalue weighted by molar-refractivity contribution is 7.99. The number of hydrogen-bond donors (Lipinski definition) is 2. The Morgan fingerprint density at radius 1 is 1.36 bits per heavy atom. The van der Waals surface area contributed by atoms with E-state index in [2.05, 4.69) is 15.6 Å². The van der Waals surface area contributed by atoms with E-state index >= 15 is 0 Å². The van der Waals surface area contributed by atoms with Gasteiger partial charge in [-0.3, -0.25) is 19.1 Å². The maximum absolute atomic E-state index is 13.3. The summed E-state index contributed by atoms with van der Waals surface area (Å²) in [5.41, 5.74) is -0.745. The number of rotatable bonds is 4. The van der Waals surface area contributed by atoms with E-state index in [-0.39, 0.29) is 18.7 Å². The maximum atomic E-state index is 13.3. The van der Waals surface area contributed by atoms with Crippen molar-refractivity contribution in [2.45, 2.75) is 23.9 Å². The van der Waals surface area contributed by atoms with Crippen molar-refractivity contribution in [1.29, 1.82) is 0 Å². The predicted molar refractivity (Wildman–Crippen MR) is 85.8 cm³/mol. The SMILES string of the molecule is O=C(NCC(N1CCNCC1)C(F)(F)F)c1cnc2n(c1=O)CCS2. The highest BCUT2D eigenvalue weighted by Gasteiger charge is 2.44. The van der Waals surface area contributed by atoms with Crippen molar-refractivity contribution < 1.29 is 18.0 Å². The van der Waals surface area contributed by atoms with Crippen LogP contribution in [0.25, 0.3) is 0 Å². The van der Waals surface area contributed by atoms with Gasteiger partial charge in [0.1, 0.15) is 11.6 Å². The van der Waals surface area contributed by atoms with Crippen LogP contribution < -0.4 is 16.2 Å². The molecule has 11 heteroatoms. The molecule has 2 aliphatic heterocycles. The molecule has 0 aliphatic carbocycles. The molecule has 0 aromatic carbocycles. The summed E-state index contributed by atoms with van der Waals surface area (Å²) in [5.74, 6) is -0.138. The average Bonchev–Trinajstić information content (AvgIpc) is 3.04. The fourth-order valence-electron chi connectivity index (χ4n) is 2.90. The van der Waals surface area contributed by atoms with Crippen LogP contribution in [0.1, 0.15) is 10.4 Å². The molecule has 0 bridgehead atoms. The number of amides is 1. The molecule has 1 unspecified atom stereocenters. The standard InChI is InChI=1S/C14H18F3N5O2S/c15-14(16,17)10(21-3-1-18-2-4-21)8-19-11(23)9-7-20-13-22(12(9)24)5-6-25-13/h7,10,18H,1-6,8H2,(H,19,23). The van der Waals surface area contributed by atoms with E-state index in [1.54, 1.807) is 0 Å². The lowest BCUT2D eigenvalue weighted by Crippen LogP contribution is -2.57. The molecule has 1 aromatic rings. The molecule has 0 saturated carbocycles. The Morgan fingerprint density at radius 3 is 2.76 bits per heavy atom. The fourth-order valence-corrected chi connectivity index (χ4v) is 3.82. The highest BCUT2D eigenvalue weighted by atomic mass is 32.2. The summed E-state index contributed by atoms with van der Waals surface area (Å²) in [6.07, 6.45) is -3.33. The van der Waals surface area contributed by atoms with Gasteiger partial charge >= 0.3 is 6.18 Å². The van der Waals surface area contributed by atoms with Crippen molar-refractivity contribution in [3.05, 3.63) is 22.1 Å². The lowest BCUT2D eigenvalue weighted by atomic mass is 10.2. The molecule has 1 atom stereocenters. The summed E-state index contributed by atoms with van der Waals surface area (Å²) in [6, 6.07) is -1.78. The van der Waals surface area contributed by atoms with Crippen molar-refractivity contribution in [2.24, 2.45) is 0 Å². The predicted octanol–water partition coefficient (Wildman–Crippen LogP) is -0.0851. The van der Waals surface area contributed by atoms with Gasteiger partial charge in [0.05, 0.1) is 0 Å². The molecule has 2 aliphatic rings. The van der Waals surface area contributed by atoms with Gasteiger partial charge in [-0.05, 0) is 0 Å². The van der Waals surface area contributed by atoms with Gasteiger partial charge in [0.25, 0.3) is 11.5 Å². The lowest BCUT2D eigenvalue weighted by Gasteiger charge is -2.35. The zero-order chi connectivity index (χ0) is 18.0. The second-order valence-electron chi connectivity index (χ2n) is 5.81. The number of fused-ring (bicyclic) bond motifs is 1. The van der Waals surface area contributed by atoms with E-state index in [1.807, 2.05) is 0 Å². The van der Waals surface area contributed by atoms with Gasteiger partial charge < -0.3 is 10.6 Å². The van der Waals surface area contributed by atoms with Gasteiger partial charge in [-0.1, -0.05) is 11.8 Å². The van der Waals surface area contributed by atoms with Crippen molar-refractivity contribution in [3.63, 3.8) is 0 Å². The van der Waals surface area contributed by atoms with Crippen LogP contribution in [0.5, 0.6) is 0 Å². The third kappa shape index (κ3) is 3.98. The molecule has 0 radical (unpaired) electrons. The first kappa shape index (κ1) is 18.2. The molecule has 3 heterocycles. The van der Waals surface area contributed by atoms with Crippen LogP contribution >= 0.6 is 11.8 Å². The number of halogens is 3. The van der Waals surface area contributed by atoms with Gasteiger partial charge in [0.15, 0.2) is 5.16 Å². The molecule has 138 valence electrons. The lowest BCUT2D eigenvalue weighted by molar-refractivity contribution is -0.183. The number of carbonyl (C=O) groups is 1. The number of hydrogen-bond acceptors (Lipinski definition) is 6. The van der Waals surface area contributed by atoms with Gasteiger partial charge in [-0.2, -0.15) is 13.2 Å². The van der Waals surface area contributed by atoms with Gasteiger partial charge in [0.2, 0.25) is 0 Å². The Kier molecular flexibility index (Phi) is 5.35. The Hall–Kier alpha value is -1.59. The minimum atomic E-state index is -4.47. The van der Waals surface area contributed by atoms with E-state index in [9.17, 15) is 22.8 Å². The third-order valence-corrected chi connectivity index (χ3v) is 5.20. The van der Waals surface area contributed by atoms with Crippen LogP contribution in [-0.2, 0) is 6.54 Å². The van der Waals surface area contributed by atoms with Crippen molar-refractivity contribution in [3.8, 4) is 0 Å². The minimum Gasteiger partial charge on any atom is -0.350 e. The summed E-state index contributed by atoms with van der Waals surface area (Å²) in [7, 11) is 0. The Labute approximate surface area is 146 Å². The van der Waals surface area contributed by atoms with Crippen LogP contribution in [0.15, 0.2) is 16.1 Å². The Bertz CT molecular complexity index is 703. The van der Waals surface area contributed by atoms with Crippen molar-refractivity contribution in [2.75, 3.05) is 38.5 Å². The molecule has 1 amide bonds. The van der Waals surface area contributed by atoms with Crippen LogP contribution in [0.4, 0.5) is 13.2 Å². The van der Waals surface area contributed by atoms with Crippen LogP contribution in [-0.4, -0.2) is 71.1 Å². The maximum Gasteiger partial charge on any atom is 0.405 e. The largest absolute Gasteiger partial charge is 0.405 e. The molecule has 0 spiro atoms. The molecule has 2 N–H and O–H groups in total. The monoisotopic (exact) mass is 377 g/mol. The summed E-state index contributed by atoms with van der Waals surface area (Å²) >= 11 is 1.40. The summed E-state index contributed by atoms with van der Waals surface area (Å²) in [4.78, 5) is 29.8. The number of carbonyl (C=O) groups excluding carboxylic acids is 1. The Balaban J connectivity index is 1.70. The van der Waals surface area contributed by atoms with Gasteiger partial charge in [-0.25, -0.2) is 4.98 Å². The van der Waals surface area contributed by atoms with Gasteiger partial charge in [-0.15, -0.1) is 0 Å². The molecule has 1 fully saturated rings. The third-order valence-electron chi connectivity index (χ3n) is 4.23. The molecular formula is C14H18F3N5O2S. The number of nitrogens with one attached hydrogen (secondary N) is 2. The molecule has 3 rings (SSSR count). The van der Waals surface area contributed by atoms with Crippen LogP contribution in [0.3, 0.4) is 0 Å². The molecular weight excluding hydrogens is 359 g/mol. The highest BCUT2D eigenvalue weighted by Crippen LogP contribution is 2.25. The smallest absolute Gasteiger partial charge is 0.350 e. The van der Waals surface area contributed by atoms with Crippen molar-refractivity contribution in [1.82, 2.24) is 25.1 Å². The van der Waals surface area contributed by atoms with Crippen molar-refractivity contribution >= 4 is 17.7 Å². The first-order valence-electron chi connectivity index (χ1n) is 7.90. The second kappa shape index (κ2) is 7.34. The number of piperazine rings is 1. The van der Waals surface area contributed by atoms with E-state index in [0.717, 1.165) is 6.20 Å². The minimum absolute atomic E-state index is 0.229. The normalized spacial score (nSPS) is 19.5. The summed E-state index contributed by atoms with van der Waals surface area (Å²) in [5, 5.41) is 5.77. The first-order valence-corrected chi connectivity index (χ1v) is 8.89.